The molecule has 7 heteroatoms. The standard InChI is InChI=1S/C27H30N4O3/c1-18(20-6-2-3-7-21(20)22-8-4-5-19-10-13-34-26(19)22)31-17-28-15-24(31)27(32)30-12-9-23-25(16-30)33-14-11-29-23/h2-8,15,17-18,23,25,29H,9-14,16H2,1H3/t18-,23+,25+/m0/s1. The van der Waals surface area contributed by atoms with Gasteiger partial charge in [-0.3, -0.25) is 4.79 Å². The number of ether oxygens (including phenoxy) is 2. The molecular formula is C27H30N4O3. The Labute approximate surface area is 199 Å². The zero-order valence-corrected chi connectivity index (χ0v) is 19.4. The topological polar surface area (TPSA) is 68.6 Å². The summed E-state index contributed by atoms with van der Waals surface area (Å²) >= 11 is 0. The second-order valence-corrected chi connectivity index (χ2v) is 9.35. The molecule has 0 bridgehead atoms. The zero-order chi connectivity index (χ0) is 23.1. The number of rotatable bonds is 4. The Morgan fingerprint density at radius 2 is 2.03 bits per heavy atom. The van der Waals surface area contributed by atoms with Gasteiger partial charge < -0.3 is 24.3 Å². The highest BCUT2D eigenvalue weighted by Crippen LogP contribution is 2.40. The fraction of sp³-hybridized carbons (Fsp3) is 0.407. The predicted molar refractivity (Wildman–Crippen MR) is 129 cm³/mol. The molecule has 0 unspecified atom stereocenters. The molecule has 1 aromatic heterocycles. The molecule has 6 rings (SSSR count). The van der Waals surface area contributed by atoms with E-state index in [0.717, 1.165) is 55.0 Å². The summed E-state index contributed by atoms with van der Waals surface area (Å²) in [5.74, 6) is 0.992. The van der Waals surface area contributed by atoms with Gasteiger partial charge in [0.1, 0.15) is 11.4 Å². The van der Waals surface area contributed by atoms with Gasteiger partial charge in [-0.05, 0) is 30.0 Å². The molecule has 0 aliphatic carbocycles. The van der Waals surface area contributed by atoms with E-state index in [1.54, 1.807) is 12.5 Å². The second-order valence-electron chi connectivity index (χ2n) is 9.35. The van der Waals surface area contributed by atoms with Crippen molar-refractivity contribution in [3.05, 3.63) is 71.8 Å². The predicted octanol–water partition coefficient (Wildman–Crippen LogP) is 3.30. The Morgan fingerprint density at radius 1 is 1.15 bits per heavy atom. The van der Waals surface area contributed by atoms with Gasteiger partial charge in [0.15, 0.2) is 0 Å². The van der Waals surface area contributed by atoms with E-state index in [-0.39, 0.29) is 18.1 Å². The fourth-order valence-electron chi connectivity index (χ4n) is 5.58. The van der Waals surface area contributed by atoms with Crippen molar-refractivity contribution < 1.29 is 14.3 Å². The molecule has 3 atom stereocenters. The number of aromatic nitrogens is 2. The van der Waals surface area contributed by atoms with Crippen LogP contribution in [-0.4, -0.2) is 65.4 Å². The molecule has 2 aromatic carbocycles. The van der Waals surface area contributed by atoms with Crippen LogP contribution in [0.5, 0.6) is 5.75 Å². The molecule has 1 N–H and O–H groups in total. The van der Waals surface area contributed by atoms with Gasteiger partial charge in [-0.1, -0.05) is 42.5 Å². The summed E-state index contributed by atoms with van der Waals surface area (Å²) in [6, 6.07) is 15.0. The van der Waals surface area contributed by atoms with Crippen LogP contribution < -0.4 is 10.1 Å². The van der Waals surface area contributed by atoms with Gasteiger partial charge in [-0.25, -0.2) is 4.98 Å². The highest BCUT2D eigenvalue weighted by Gasteiger charge is 2.35. The van der Waals surface area contributed by atoms with Crippen molar-refractivity contribution in [1.82, 2.24) is 19.8 Å². The minimum Gasteiger partial charge on any atom is -0.492 e. The Hall–Kier alpha value is -3.16. The number of nitrogens with one attached hydrogen (secondary N) is 1. The third-order valence-corrected chi connectivity index (χ3v) is 7.40. The summed E-state index contributed by atoms with van der Waals surface area (Å²) in [5.41, 5.74) is 5.23. The summed E-state index contributed by atoms with van der Waals surface area (Å²) in [5, 5.41) is 3.52. The van der Waals surface area contributed by atoms with E-state index in [9.17, 15) is 4.79 Å². The highest BCUT2D eigenvalue weighted by molar-refractivity contribution is 5.92. The maximum Gasteiger partial charge on any atom is 0.272 e. The molecule has 34 heavy (non-hydrogen) atoms. The Balaban J connectivity index is 1.30. The minimum absolute atomic E-state index is 0.0124. The number of carbonyl (C=O) groups excluding carboxylic acids is 1. The van der Waals surface area contributed by atoms with E-state index in [1.165, 1.54) is 5.56 Å². The molecule has 3 aromatic rings. The van der Waals surface area contributed by atoms with Gasteiger partial charge in [0.2, 0.25) is 0 Å². The van der Waals surface area contributed by atoms with Crippen LogP contribution in [0.2, 0.25) is 0 Å². The van der Waals surface area contributed by atoms with Crippen molar-refractivity contribution in [2.45, 2.75) is 38.0 Å². The van der Waals surface area contributed by atoms with Gasteiger partial charge >= 0.3 is 0 Å². The van der Waals surface area contributed by atoms with Crippen molar-refractivity contribution in [2.75, 3.05) is 32.8 Å². The number of morpholine rings is 1. The molecule has 2 fully saturated rings. The first-order chi connectivity index (χ1) is 16.7. The summed E-state index contributed by atoms with van der Waals surface area (Å²) in [6.45, 7) is 5.76. The van der Waals surface area contributed by atoms with Crippen molar-refractivity contribution in [3.63, 3.8) is 0 Å². The average molecular weight is 459 g/mol. The zero-order valence-electron chi connectivity index (χ0n) is 19.4. The van der Waals surface area contributed by atoms with Crippen LogP contribution in [0.1, 0.15) is 41.0 Å². The fourth-order valence-corrected chi connectivity index (χ4v) is 5.58. The van der Waals surface area contributed by atoms with Crippen LogP contribution in [0.3, 0.4) is 0 Å². The van der Waals surface area contributed by atoms with E-state index in [4.69, 9.17) is 9.47 Å². The first-order valence-electron chi connectivity index (χ1n) is 12.2. The van der Waals surface area contributed by atoms with Crippen LogP contribution >= 0.6 is 0 Å². The van der Waals surface area contributed by atoms with E-state index >= 15 is 0 Å². The number of likely N-dealkylation sites (tertiary alicyclic amines) is 1. The number of hydrogen-bond acceptors (Lipinski definition) is 5. The normalized spacial score (nSPS) is 22.6. The molecule has 3 aliphatic heterocycles. The van der Waals surface area contributed by atoms with E-state index in [2.05, 4.69) is 59.7 Å². The summed E-state index contributed by atoms with van der Waals surface area (Å²) in [4.78, 5) is 19.9. The highest BCUT2D eigenvalue weighted by atomic mass is 16.5. The van der Waals surface area contributed by atoms with Crippen LogP contribution in [0.15, 0.2) is 55.0 Å². The van der Waals surface area contributed by atoms with Crippen LogP contribution in [0.25, 0.3) is 11.1 Å². The molecule has 0 spiro atoms. The Bertz CT molecular complexity index is 1210. The summed E-state index contributed by atoms with van der Waals surface area (Å²) < 4.78 is 13.9. The summed E-state index contributed by atoms with van der Waals surface area (Å²) in [6.07, 6.45) is 5.37. The van der Waals surface area contributed by atoms with E-state index < -0.39 is 0 Å². The number of nitrogens with zero attached hydrogens (tertiary/aromatic N) is 3. The van der Waals surface area contributed by atoms with Gasteiger partial charge in [0.25, 0.3) is 5.91 Å². The van der Waals surface area contributed by atoms with Crippen molar-refractivity contribution >= 4 is 5.91 Å². The lowest BCUT2D eigenvalue weighted by atomic mass is 9.93. The molecule has 3 aliphatic rings. The first-order valence-corrected chi connectivity index (χ1v) is 12.2. The van der Waals surface area contributed by atoms with Crippen molar-refractivity contribution in [3.8, 4) is 16.9 Å². The first kappa shape index (κ1) is 21.4. The minimum atomic E-state index is -0.0694. The molecule has 7 nitrogen and oxygen atoms in total. The average Bonchev–Trinajstić information content (AvgIpc) is 3.57. The SMILES string of the molecule is C[C@@H](c1ccccc1-c1cccc2c1OCC2)n1cncc1C(=O)N1CC[C@H]2NCCO[C@@H]2C1. The number of imidazole rings is 1. The maximum absolute atomic E-state index is 13.6. The molecule has 1 amide bonds. The number of fused-ring (bicyclic) bond motifs is 2. The Morgan fingerprint density at radius 3 is 2.97 bits per heavy atom. The molecule has 176 valence electrons. The van der Waals surface area contributed by atoms with Gasteiger partial charge in [-0.15, -0.1) is 0 Å². The lowest BCUT2D eigenvalue weighted by Crippen LogP contribution is -2.58. The lowest BCUT2D eigenvalue weighted by molar-refractivity contribution is -0.0417. The quantitative estimate of drug-likeness (QED) is 0.650. The number of carbonyl (C=O) groups is 1. The lowest BCUT2D eigenvalue weighted by Gasteiger charge is -2.41. The van der Waals surface area contributed by atoms with Crippen molar-refractivity contribution in [2.24, 2.45) is 0 Å². The number of amides is 1. The largest absolute Gasteiger partial charge is 0.492 e. The van der Waals surface area contributed by atoms with Crippen LogP contribution in [-0.2, 0) is 11.2 Å². The molecular weight excluding hydrogens is 428 g/mol. The van der Waals surface area contributed by atoms with Crippen LogP contribution in [0, 0.1) is 0 Å². The summed E-state index contributed by atoms with van der Waals surface area (Å²) in [7, 11) is 0. The molecule has 0 radical (unpaired) electrons. The monoisotopic (exact) mass is 458 g/mol. The van der Waals surface area contributed by atoms with Gasteiger partial charge in [0, 0.05) is 37.7 Å². The smallest absolute Gasteiger partial charge is 0.272 e. The van der Waals surface area contributed by atoms with Crippen molar-refractivity contribution in [1.29, 1.82) is 0 Å². The molecule has 2 saturated heterocycles. The number of para-hydroxylation sites is 1. The third kappa shape index (κ3) is 3.69. The number of piperidine rings is 1. The number of benzene rings is 2. The second kappa shape index (κ2) is 8.89. The van der Waals surface area contributed by atoms with E-state index in [0.29, 0.717) is 24.9 Å². The molecule has 0 saturated carbocycles. The number of hydrogen-bond donors (Lipinski definition) is 1. The Kier molecular flexibility index (Phi) is 5.59. The van der Waals surface area contributed by atoms with E-state index in [1.807, 2.05) is 9.47 Å². The maximum atomic E-state index is 13.6. The van der Waals surface area contributed by atoms with Gasteiger partial charge in [0.05, 0.1) is 37.9 Å². The van der Waals surface area contributed by atoms with Gasteiger partial charge in [-0.2, -0.15) is 0 Å². The third-order valence-electron chi connectivity index (χ3n) is 7.40. The van der Waals surface area contributed by atoms with Crippen LogP contribution in [0.4, 0.5) is 0 Å². The molecule has 4 heterocycles.